The van der Waals surface area contributed by atoms with Crippen molar-refractivity contribution in [2.45, 2.75) is 90.9 Å². The van der Waals surface area contributed by atoms with Crippen LogP contribution in [0.2, 0.25) is 0 Å². The largest absolute Gasteiger partial charge is 1.00 e. The lowest BCUT2D eigenvalue weighted by Crippen LogP contribution is -3.00. The molecule has 1 aliphatic heterocycles. The van der Waals surface area contributed by atoms with E-state index in [0.29, 0.717) is 24.7 Å². The van der Waals surface area contributed by atoms with E-state index in [1.807, 2.05) is 24.3 Å². The van der Waals surface area contributed by atoms with Crippen molar-refractivity contribution < 1.29 is 35.7 Å². The summed E-state index contributed by atoms with van der Waals surface area (Å²) in [6.45, 7) is 10.2. The number of ether oxygens (including phenoxy) is 2. The summed E-state index contributed by atoms with van der Waals surface area (Å²) in [6, 6.07) is 7.60. The number of carbonyl (C=O) groups is 1. The van der Waals surface area contributed by atoms with Crippen molar-refractivity contribution in [1.29, 1.82) is 0 Å². The summed E-state index contributed by atoms with van der Waals surface area (Å²) in [4.78, 5) is 12.5. The van der Waals surface area contributed by atoms with Gasteiger partial charge in [0.15, 0.2) is 0 Å². The van der Waals surface area contributed by atoms with Gasteiger partial charge < -0.3 is 30.9 Å². The van der Waals surface area contributed by atoms with Gasteiger partial charge in [0.25, 0.3) is 0 Å². The lowest BCUT2D eigenvalue weighted by molar-refractivity contribution is -0.932. The number of carbonyl (C=O) groups excluding carboxylic acids is 1. The lowest BCUT2D eigenvalue weighted by atomic mass is 10.1. The predicted molar refractivity (Wildman–Crippen MR) is 133 cm³/mol. The van der Waals surface area contributed by atoms with Gasteiger partial charge in [-0.15, -0.1) is 0 Å². The molecule has 0 bridgehead atoms. The lowest BCUT2D eigenvalue weighted by Gasteiger charge is -2.41. The van der Waals surface area contributed by atoms with Gasteiger partial charge in [0, 0.05) is 0 Å². The Labute approximate surface area is 213 Å². The summed E-state index contributed by atoms with van der Waals surface area (Å²) in [5.41, 5.74) is 0.683. The molecule has 6 heteroatoms. The number of quaternary nitrogens is 1. The van der Waals surface area contributed by atoms with E-state index < -0.39 is 0 Å². The third kappa shape index (κ3) is 12.1. The highest BCUT2D eigenvalue weighted by molar-refractivity contribution is 5.86. The number of halogens is 1. The molecule has 1 aromatic carbocycles. The Morgan fingerprint density at radius 3 is 2.27 bits per heavy atom. The van der Waals surface area contributed by atoms with Gasteiger partial charge in [-0.3, -0.25) is 5.32 Å². The smallest absolute Gasteiger partial charge is 0.411 e. The quantitative estimate of drug-likeness (QED) is 0.259. The van der Waals surface area contributed by atoms with Gasteiger partial charge in [0.1, 0.15) is 18.9 Å². The van der Waals surface area contributed by atoms with Gasteiger partial charge in [-0.1, -0.05) is 64.5 Å². The zero-order chi connectivity index (χ0) is 22.9. The first-order valence-electron chi connectivity index (χ1n) is 13.2. The average molecular weight is 528 g/mol. The minimum Gasteiger partial charge on any atom is -1.00 e. The van der Waals surface area contributed by atoms with Gasteiger partial charge in [0.2, 0.25) is 0 Å². The standard InChI is InChI=1S/C27H46N2O3.BrH/c1-3-5-7-8-9-13-19-29(20-14-10-15-21-29)22-24-32-27(30)28-25-17-11-12-18-26(25)31-23-16-6-4-2;/h11-12,17-18H,3-10,13-16,19-24H2,1-2H3;1H. The molecule has 1 fully saturated rings. The molecule has 190 valence electrons. The number of benzene rings is 1. The highest BCUT2D eigenvalue weighted by atomic mass is 79.9. The molecule has 0 atom stereocenters. The molecule has 0 saturated carbocycles. The highest BCUT2D eigenvalue weighted by Gasteiger charge is 2.29. The number of rotatable bonds is 16. The number of amides is 1. The molecule has 0 spiro atoms. The Balaban J connectivity index is 0.00000544. The van der Waals surface area contributed by atoms with E-state index in [2.05, 4.69) is 19.2 Å². The van der Waals surface area contributed by atoms with Crippen molar-refractivity contribution >= 4 is 11.8 Å². The Morgan fingerprint density at radius 2 is 1.52 bits per heavy atom. The van der Waals surface area contributed by atoms with Crippen molar-refractivity contribution in [3.05, 3.63) is 24.3 Å². The van der Waals surface area contributed by atoms with Crippen molar-refractivity contribution in [3.63, 3.8) is 0 Å². The molecule has 33 heavy (non-hydrogen) atoms. The van der Waals surface area contributed by atoms with Crippen LogP contribution < -0.4 is 27.0 Å². The van der Waals surface area contributed by atoms with Crippen LogP contribution in [0.1, 0.15) is 90.9 Å². The molecular weight excluding hydrogens is 480 g/mol. The van der Waals surface area contributed by atoms with Crippen molar-refractivity contribution in [2.75, 3.05) is 44.7 Å². The SMILES string of the molecule is CCCCCCCC[N+]1(CCOC(=O)Nc2ccccc2OCCCCC)CCCCC1.[Br-]. The zero-order valence-electron chi connectivity index (χ0n) is 21.1. The maximum atomic E-state index is 12.5. The van der Waals surface area contributed by atoms with Crippen molar-refractivity contribution in [1.82, 2.24) is 0 Å². The number of nitrogens with zero attached hydrogens (tertiary/aromatic N) is 1. The molecule has 5 nitrogen and oxygen atoms in total. The molecule has 0 unspecified atom stereocenters. The predicted octanol–water partition coefficient (Wildman–Crippen LogP) is 4.17. The molecule has 0 radical (unpaired) electrons. The van der Waals surface area contributed by atoms with Crippen LogP contribution in [0.3, 0.4) is 0 Å². The molecule has 1 saturated heterocycles. The van der Waals surface area contributed by atoms with Crippen LogP contribution in [0.5, 0.6) is 5.75 Å². The molecule has 1 amide bonds. The number of hydrogen-bond donors (Lipinski definition) is 1. The van der Waals surface area contributed by atoms with Gasteiger partial charge in [-0.2, -0.15) is 0 Å². The summed E-state index contributed by atoms with van der Waals surface area (Å²) in [5.74, 6) is 0.711. The van der Waals surface area contributed by atoms with E-state index in [4.69, 9.17) is 9.47 Å². The molecule has 1 heterocycles. The fourth-order valence-electron chi connectivity index (χ4n) is 4.68. The average Bonchev–Trinajstić information content (AvgIpc) is 2.81. The number of hydrogen-bond acceptors (Lipinski definition) is 3. The van der Waals surface area contributed by atoms with E-state index in [0.717, 1.165) is 30.3 Å². The topological polar surface area (TPSA) is 47.6 Å². The van der Waals surface area contributed by atoms with Crippen LogP contribution in [0.4, 0.5) is 10.5 Å². The molecule has 2 rings (SSSR count). The molecule has 0 aromatic heterocycles. The fourth-order valence-corrected chi connectivity index (χ4v) is 4.68. The normalized spacial score (nSPS) is 14.8. The van der Waals surface area contributed by atoms with E-state index >= 15 is 0 Å². The summed E-state index contributed by atoms with van der Waals surface area (Å²) < 4.78 is 12.6. The number of anilines is 1. The maximum Gasteiger partial charge on any atom is 0.411 e. The minimum atomic E-state index is -0.385. The van der Waals surface area contributed by atoms with Crippen LogP contribution in [0.25, 0.3) is 0 Å². The van der Waals surface area contributed by atoms with E-state index in [9.17, 15) is 4.79 Å². The second-order valence-electron chi connectivity index (χ2n) is 9.38. The van der Waals surface area contributed by atoms with Crippen LogP contribution in [0, 0.1) is 0 Å². The number of unbranched alkanes of at least 4 members (excludes halogenated alkanes) is 7. The van der Waals surface area contributed by atoms with E-state index in [1.165, 1.54) is 77.4 Å². The summed E-state index contributed by atoms with van der Waals surface area (Å²) in [6.07, 6.45) is 14.9. The molecule has 1 aromatic rings. The Hall–Kier alpha value is -1.27. The monoisotopic (exact) mass is 526 g/mol. The van der Waals surface area contributed by atoms with Gasteiger partial charge in [-0.05, 0) is 50.7 Å². The van der Waals surface area contributed by atoms with Crippen molar-refractivity contribution in [2.24, 2.45) is 0 Å². The first kappa shape index (κ1) is 29.8. The van der Waals surface area contributed by atoms with Crippen LogP contribution >= 0.6 is 0 Å². The second-order valence-corrected chi connectivity index (χ2v) is 9.38. The summed E-state index contributed by atoms with van der Waals surface area (Å²) in [5, 5.41) is 2.88. The summed E-state index contributed by atoms with van der Waals surface area (Å²) >= 11 is 0. The number of piperidine rings is 1. The number of nitrogens with one attached hydrogen (secondary N) is 1. The first-order chi connectivity index (χ1) is 15.7. The van der Waals surface area contributed by atoms with E-state index in [1.54, 1.807) is 0 Å². The van der Waals surface area contributed by atoms with Gasteiger partial charge >= 0.3 is 6.09 Å². The van der Waals surface area contributed by atoms with Crippen LogP contribution in [-0.4, -0.2) is 50.0 Å². The maximum absolute atomic E-state index is 12.5. The Bertz CT molecular complexity index is 636. The Kier molecular flexibility index (Phi) is 16.3. The highest BCUT2D eigenvalue weighted by Crippen LogP contribution is 2.25. The number of likely N-dealkylation sites (tertiary alicyclic amines) is 1. The van der Waals surface area contributed by atoms with Crippen molar-refractivity contribution in [3.8, 4) is 5.75 Å². The third-order valence-electron chi connectivity index (χ3n) is 6.68. The van der Waals surface area contributed by atoms with Gasteiger partial charge in [0.05, 0.1) is 31.9 Å². The molecule has 1 N–H and O–H groups in total. The first-order valence-corrected chi connectivity index (χ1v) is 13.2. The molecular formula is C27H47BrN2O3. The second kappa shape index (κ2) is 18.1. The van der Waals surface area contributed by atoms with Crippen LogP contribution in [0.15, 0.2) is 24.3 Å². The number of para-hydroxylation sites is 2. The summed E-state index contributed by atoms with van der Waals surface area (Å²) in [7, 11) is 0. The minimum absolute atomic E-state index is 0. The van der Waals surface area contributed by atoms with Gasteiger partial charge in [-0.25, -0.2) is 4.79 Å². The van der Waals surface area contributed by atoms with Crippen LogP contribution in [-0.2, 0) is 4.74 Å². The fraction of sp³-hybridized carbons (Fsp3) is 0.741. The molecule has 1 aliphatic rings. The third-order valence-corrected chi connectivity index (χ3v) is 6.68. The zero-order valence-corrected chi connectivity index (χ0v) is 22.7. The Morgan fingerprint density at radius 1 is 0.848 bits per heavy atom. The van der Waals surface area contributed by atoms with E-state index in [-0.39, 0.29) is 23.1 Å². The molecule has 0 aliphatic carbocycles.